The summed E-state index contributed by atoms with van der Waals surface area (Å²) in [5.74, 6) is 0.278. The fourth-order valence-electron chi connectivity index (χ4n) is 3.31. The van der Waals surface area contributed by atoms with Crippen molar-refractivity contribution in [2.75, 3.05) is 0 Å². The Labute approximate surface area is 90.7 Å². The van der Waals surface area contributed by atoms with E-state index < -0.39 is 0 Å². The largest absolute Gasteiger partial charge is 0.198 e. The van der Waals surface area contributed by atoms with Crippen LogP contribution in [0.3, 0.4) is 0 Å². The first kappa shape index (κ1) is 8.97. The Morgan fingerprint density at radius 3 is 2.93 bits per heavy atom. The number of benzene rings is 1. The molecule has 2 atom stereocenters. The summed E-state index contributed by atoms with van der Waals surface area (Å²) in [5, 5.41) is 9.16. The van der Waals surface area contributed by atoms with Crippen LogP contribution in [0.2, 0.25) is 0 Å². The van der Waals surface area contributed by atoms with Gasteiger partial charge in [-0.15, -0.1) is 0 Å². The first-order chi connectivity index (χ1) is 7.26. The lowest BCUT2D eigenvalue weighted by Crippen LogP contribution is -2.41. The molecule has 1 nitrogen and oxygen atoms in total. The summed E-state index contributed by atoms with van der Waals surface area (Å²) in [7, 11) is 0. The maximum absolute atomic E-state index is 9.16. The molecular formula is C14H15N. The van der Waals surface area contributed by atoms with Crippen LogP contribution in [0.15, 0.2) is 18.2 Å². The zero-order valence-corrected chi connectivity index (χ0v) is 9.09. The molecule has 0 unspecified atom stereocenters. The van der Waals surface area contributed by atoms with Crippen molar-refractivity contribution >= 4 is 0 Å². The minimum absolute atomic E-state index is 0.246. The Hall–Kier alpha value is -1.29. The smallest absolute Gasteiger partial charge is 0.0665 e. The van der Waals surface area contributed by atoms with Crippen molar-refractivity contribution in [2.45, 2.75) is 38.0 Å². The third kappa shape index (κ3) is 1.03. The summed E-state index contributed by atoms with van der Waals surface area (Å²) in [4.78, 5) is 0. The van der Waals surface area contributed by atoms with Crippen LogP contribution in [0.25, 0.3) is 0 Å². The third-order valence-electron chi connectivity index (χ3n) is 4.34. The van der Waals surface area contributed by atoms with Crippen LogP contribution in [0.5, 0.6) is 0 Å². The van der Waals surface area contributed by atoms with Crippen molar-refractivity contribution < 1.29 is 0 Å². The van der Waals surface area contributed by atoms with Gasteiger partial charge >= 0.3 is 0 Å². The molecule has 2 aliphatic rings. The maximum atomic E-state index is 9.16. The minimum atomic E-state index is 0.246. The molecule has 1 heteroatoms. The normalized spacial score (nSPS) is 32.1. The number of rotatable bonds is 0. The van der Waals surface area contributed by atoms with Crippen LogP contribution in [0, 0.1) is 24.2 Å². The van der Waals surface area contributed by atoms with Gasteiger partial charge in [-0.3, -0.25) is 0 Å². The predicted molar refractivity (Wildman–Crippen MR) is 59.5 cm³/mol. The quantitative estimate of drug-likeness (QED) is 0.627. The van der Waals surface area contributed by atoms with Crippen LogP contribution in [0.4, 0.5) is 0 Å². The van der Waals surface area contributed by atoms with Crippen LogP contribution >= 0.6 is 0 Å². The number of hydrogen-bond acceptors (Lipinski definition) is 1. The summed E-state index contributed by atoms with van der Waals surface area (Å²) in [5.41, 5.74) is 4.55. The zero-order valence-electron chi connectivity index (χ0n) is 9.09. The summed E-state index contributed by atoms with van der Waals surface area (Å²) in [6.07, 6.45) is 4.70. The Morgan fingerprint density at radius 2 is 2.27 bits per heavy atom. The molecule has 0 saturated heterocycles. The molecule has 0 aliphatic heterocycles. The second-order valence-electron chi connectivity index (χ2n) is 5.04. The van der Waals surface area contributed by atoms with Gasteiger partial charge in [-0.05, 0) is 43.7 Å². The number of hydrogen-bond donors (Lipinski definition) is 0. The molecule has 0 radical (unpaired) electrons. The first-order valence-electron chi connectivity index (χ1n) is 5.76. The summed E-state index contributed by atoms with van der Waals surface area (Å²) < 4.78 is 0. The number of fused-ring (bicyclic) bond motifs is 2. The predicted octanol–water partition coefficient (Wildman–Crippen LogP) is 3.11. The Morgan fingerprint density at radius 1 is 1.40 bits per heavy atom. The van der Waals surface area contributed by atoms with E-state index in [9.17, 15) is 0 Å². The molecule has 2 aliphatic carbocycles. The van der Waals surface area contributed by atoms with E-state index in [0.717, 1.165) is 6.42 Å². The highest BCUT2D eigenvalue weighted by atomic mass is 14.5. The van der Waals surface area contributed by atoms with Crippen molar-refractivity contribution in [3.63, 3.8) is 0 Å². The molecule has 0 bridgehead atoms. The topological polar surface area (TPSA) is 23.8 Å². The maximum Gasteiger partial charge on any atom is 0.0665 e. The van der Waals surface area contributed by atoms with E-state index in [-0.39, 0.29) is 11.3 Å². The van der Waals surface area contributed by atoms with Gasteiger partial charge in [0, 0.05) is 5.41 Å². The van der Waals surface area contributed by atoms with Crippen LogP contribution < -0.4 is 0 Å². The number of nitriles is 1. The fraction of sp³-hybridized carbons (Fsp3) is 0.500. The van der Waals surface area contributed by atoms with Crippen LogP contribution in [-0.2, 0) is 11.8 Å². The molecule has 1 saturated carbocycles. The average Bonchev–Trinajstić information content (AvgIpc) is 2.57. The molecule has 0 amide bonds. The second-order valence-corrected chi connectivity index (χ2v) is 5.04. The summed E-state index contributed by atoms with van der Waals surface area (Å²) >= 11 is 0. The van der Waals surface area contributed by atoms with Gasteiger partial charge in [0.2, 0.25) is 0 Å². The lowest BCUT2D eigenvalue weighted by molar-refractivity contribution is 0.171. The molecule has 1 spiro atoms. The van der Waals surface area contributed by atoms with Gasteiger partial charge in [0.05, 0.1) is 12.0 Å². The standard InChI is InChI=1S/C14H15N/c1-10-2-3-11-4-6-14(13(11)8-10)7-5-12(14)9-15/h2-3,8,12H,4-7H2,1H3/t12-,14-/m1/s1. The molecule has 1 aromatic carbocycles. The monoisotopic (exact) mass is 197 g/mol. The number of nitrogens with zero attached hydrogens (tertiary/aromatic N) is 1. The van der Waals surface area contributed by atoms with Crippen molar-refractivity contribution in [1.82, 2.24) is 0 Å². The highest BCUT2D eigenvalue weighted by Gasteiger charge is 2.51. The van der Waals surface area contributed by atoms with Crippen molar-refractivity contribution in [3.8, 4) is 6.07 Å². The highest BCUT2D eigenvalue weighted by molar-refractivity contribution is 5.45. The van der Waals surface area contributed by atoms with Gasteiger partial charge in [-0.1, -0.05) is 23.8 Å². The van der Waals surface area contributed by atoms with Gasteiger partial charge in [-0.25, -0.2) is 0 Å². The van der Waals surface area contributed by atoms with Crippen molar-refractivity contribution in [3.05, 3.63) is 34.9 Å². The molecule has 0 N–H and O–H groups in total. The summed E-state index contributed by atoms with van der Waals surface area (Å²) in [6.45, 7) is 2.15. The van der Waals surface area contributed by atoms with E-state index in [0.29, 0.717) is 0 Å². The van der Waals surface area contributed by atoms with E-state index in [1.165, 1.54) is 36.0 Å². The summed E-state index contributed by atoms with van der Waals surface area (Å²) in [6, 6.07) is 9.25. The van der Waals surface area contributed by atoms with Gasteiger partial charge in [0.15, 0.2) is 0 Å². The van der Waals surface area contributed by atoms with E-state index in [1.54, 1.807) is 0 Å². The molecule has 3 rings (SSSR count). The van der Waals surface area contributed by atoms with E-state index in [2.05, 4.69) is 31.2 Å². The Balaban J connectivity index is 2.12. The average molecular weight is 197 g/mol. The minimum Gasteiger partial charge on any atom is -0.198 e. The van der Waals surface area contributed by atoms with Gasteiger partial charge in [0.25, 0.3) is 0 Å². The molecule has 1 fully saturated rings. The lowest BCUT2D eigenvalue weighted by Gasteiger charge is -2.44. The molecule has 0 heterocycles. The fourth-order valence-corrected chi connectivity index (χ4v) is 3.31. The number of aryl methyl sites for hydroxylation is 2. The molecule has 0 aromatic heterocycles. The van der Waals surface area contributed by atoms with E-state index in [1.807, 2.05) is 0 Å². The third-order valence-corrected chi connectivity index (χ3v) is 4.34. The molecule has 15 heavy (non-hydrogen) atoms. The molecular weight excluding hydrogens is 182 g/mol. The highest BCUT2D eigenvalue weighted by Crippen LogP contribution is 2.56. The SMILES string of the molecule is Cc1ccc2c(c1)[C@]1(CC2)CC[C@@H]1C#N. The molecule has 1 aromatic rings. The van der Waals surface area contributed by atoms with Gasteiger partial charge < -0.3 is 0 Å². The lowest BCUT2D eigenvalue weighted by atomic mass is 9.57. The zero-order chi connectivity index (χ0) is 10.5. The van der Waals surface area contributed by atoms with E-state index in [4.69, 9.17) is 5.26 Å². The molecule has 76 valence electrons. The van der Waals surface area contributed by atoms with Crippen molar-refractivity contribution in [2.24, 2.45) is 5.92 Å². The Bertz CT molecular complexity index is 455. The van der Waals surface area contributed by atoms with Crippen molar-refractivity contribution in [1.29, 1.82) is 5.26 Å². The second kappa shape index (κ2) is 2.85. The Kier molecular flexibility index (Phi) is 1.71. The first-order valence-corrected chi connectivity index (χ1v) is 5.76. The van der Waals surface area contributed by atoms with Gasteiger partial charge in [0.1, 0.15) is 0 Å². The van der Waals surface area contributed by atoms with Gasteiger partial charge in [-0.2, -0.15) is 5.26 Å². The van der Waals surface area contributed by atoms with E-state index >= 15 is 0 Å². The van der Waals surface area contributed by atoms with Crippen LogP contribution in [0.1, 0.15) is 36.0 Å². The van der Waals surface area contributed by atoms with Crippen LogP contribution in [-0.4, -0.2) is 0 Å².